The minimum atomic E-state index is -1.76. The zero-order valence-corrected chi connectivity index (χ0v) is 15.4. The third kappa shape index (κ3) is 5.99. The van der Waals surface area contributed by atoms with Crippen molar-refractivity contribution in [3.8, 4) is 0 Å². The lowest BCUT2D eigenvalue weighted by molar-refractivity contribution is -0.168. The zero-order valence-electron chi connectivity index (χ0n) is 15.4. The van der Waals surface area contributed by atoms with Gasteiger partial charge in [-0.05, 0) is 26.7 Å². The molecule has 0 spiro atoms. The lowest BCUT2D eigenvalue weighted by Gasteiger charge is -2.19. The van der Waals surface area contributed by atoms with Gasteiger partial charge in [-0.1, -0.05) is 13.8 Å². The quantitative estimate of drug-likeness (QED) is 0.263. The Morgan fingerprint density at radius 3 is 1.65 bits per heavy atom. The summed E-state index contributed by atoms with van der Waals surface area (Å²) < 4.78 is 29.3. The van der Waals surface area contributed by atoms with Crippen molar-refractivity contribution < 1.29 is 47.4 Å². The Labute approximate surface area is 151 Å². The number of hydrogen-bond donors (Lipinski definition) is 0. The molecule has 1 rings (SSSR count). The van der Waals surface area contributed by atoms with Crippen molar-refractivity contribution in [1.82, 2.24) is 0 Å². The Morgan fingerprint density at radius 2 is 1.31 bits per heavy atom. The zero-order chi connectivity index (χ0) is 19.9. The van der Waals surface area contributed by atoms with E-state index in [1.54, 1.807) is 27.7 Å². The van der Waals surface area contributed by atoms with E-state index in [2.05, 4.69) is 9.39 Å². The highest BCUT2D eigenvalue weighted by Crippen LogP contribution is 2.22. The van der Waals surface area contributed by atoms with E-state index in [0.29, 0.717) is 12.8 Å². The summed E-state index contributed by atoms with van der Waals surface area (Å²) in [6.45, 7) is 6.93. The molecule has 26 heavy (non-hydrogen) atoms. The van der Waals surface area contributed by atoms with Gasteiger partial charge in [0, 0.05) is 0 Å². The summed E-state index contributed by atoms with van der Waals surface area (Å²) in [5.74, 6) is -4.44. The SMILES string of the molecule is CCC(C)OC(=O)C1OB(OC(=O)C(=O)OC)OC1C(=O)OC(C)CC. The highest BCUT2D eigenvalue weighted by Gasteiger charge is 2.53. The van der Waals surface area contributed by atoms with E-state index in [-0.39, 0.29) is 0 Å². The lowest BCUT2D eigenvalue weighted by Crippen LogP contribution is -2.41. The summed E-state index contributed by atoms with van der Waals surface area (Å²) in [5, 5.41) is 0. The van der Waals surface area contributed by atoms with Crippen LogP contribution in [0.4, 0.5) is 0 Å². The van der Waals surface area contributed by atoms with Crippen LogP contribution in [0.1, 0.15) is 40.5 Å². The Morgan fingerprint density at radius 1 is 0.885 bits per heavy atom. The number of carbonyl (C=O) groups excluding carboxylic acids is 4. The molecular weight excluding hydrogens is 351 g/mol. The van der Waals surface area contributed by atoms with Gasteiger partial charge in [-0.3, -0.25) is 0 Å². The van der Waals surface area contributed by atoms with E-state index < -0.39 is 55.6 Å². The van der Waals surface area contributed by atoms with Gasteiger partial charge in [-0.25, -0.2) is 19.2 Å². The Balaban J connectivity index is 2.86. The van der Waals surface area contributed by atoms with E-state index in [4.69, 9.17) is 18.8 Å². The first-order chi connectivity index (χ1) is 12.2. The van der Waals surface area contributed by atoms with Crippen LogP contribution in [0.2, 0.25) is 0 Å². The van der Waals surface area contributed by atoms with Crippen molar-refractivity contribution >= 4 is 31.2 Å². The summed E-state index contributed by atoms with van der Waals surface area (Å²) in [5.41, 5.74) is 0. The molecule has 1 heterocycles. The fourth-order valence-corrected chi connectivity index (χ4v) is 1.74. The predicted octanol–water partition coefficient (Wildman–Crippen LogP) is 0.155. The summed E-state index contributed by atoms with van der Waals surface area (Å²) in [4.78, 5) is 47.0. The minimum absolute atomic E-state index is 0.422. The minimum Gasteiger partial charge on any atom is -0.476 e. The van der Waals surface area contributed by atoms with Crippen molar-refractivity contribution in [2.45, 2.75) is 65.0 Å². The molecule has 0 saturated carbocycles. The first kappa shape index (κ1) is 21.9. The van der Waals surface area contributed by atoms with Gasteiger partial charge < -0.3 is 28.2 Å². The summed E-state index contributed by atoms with van der Waals surface area (Å²) in [6.07, 6.45) is -2.76. The van der Waals surface area contributed by atoms with Gasteiger partial charge in [0.25, 0.3) is 0 Å². The molecule has 0 aliphatic carbocycles. The van der Waals surface area contributed by atoms with Crippen LogP contribution in [0.15, 0.2) is 0 Å². The maximum absolute atomic E-state index is 12.2. The standard InChI is InChI=1S/C15H23BO10/c1-6-8(3)22-12(17)10-11(13(18)23-9(4)7-2)25-16(24-10)26-15(20)14(19)21-5/h8-11H,6-7H2,1-5H3. The molecule has 0 radical (unpaired) electrons. The second kappa shape index (κ2) is 10.1. The van der Waals surface area contributed by atoms with Gasteiger partial charge in [-0.15, -0.1) is 0 Å². The largest absolute Gasteiger partial charge is 0.717 e. The lowest BCUT2D eigenvalue weighted by atomic mass is 10.2. The average molecular weight is 374 g/mol. The van der Waals surface area contributed by atoms with Crippen molar-refractivity contribution in [3.63, 3.8) is 0 Å². The molecule has 1 fully saturated rings. The highest BCUT2D eigenvalue weighted by molar-refractivity contribution is 6.46. The second-order valence-electron chi connectivity index (χ2n) is 5.61. The molecule has 0 amide bonds. The van der Waals surface area contributed by atoms with E-state index in [0.717, 1.165) is 7.11 Å². The molecule has 0 bridgehead atoms. The van der Waals surface area contributed by atoms with Gasteiger partial charge in [0.15, 0.2) is 12.2 Å². The molecule has 1 aliphatic heterocycles. The Kier molecular flexibility index (Phi) is 8.53. The number of rotatable bonds is 7. The summed E-state index contributed by atoms with van der Waals surface area (Å²) >= 11 is 0. The van der Waals surface area contributed by atoms with Crippen molar-refractivity contribution in [3.05, 3.63) is 0 Å². The van der Waals surface area contributed by atoms with Gasteiger partial charge in [0.05, 0.1) is 19.3 Å². The number of esters is 3. The smallest absolute Gasteiger partial charge is 0.476 e. The van der Waals surface area contributed by atoms with Gasteiger partial charge in [0.1, 0.15) is 0 Å². The van der Waals surface area contributed by atoms with Crippen LogP contribution in [0.3, 0.4) is 0 Å². The predicted molar refractivity (Wildman–Crippen MR) is 85.3 cm³/mol. The molecule has 4 atom stereocenters. The van der Waals surface area contributed by atoms with E-state index in [9.17, 15) is 19.2 Å². The van der Waals surface area contributed by atoms with Crippen LogP contribution in [0, 0.1) is 0 Å². The monoisotopic (exact) mass is 374 g/mol. The first-order valence-electron chi connectivity index (χ1n) is 8.24. The molecule has 0 N–H and O–H groups in total. The molecule has 0 aromatic carbocycles. The maximum atomic E-state index is 12.2. The highest BCUT2D eigenvalue weighted by atomic mass is 16.8. The molecule has 10 nitrogen and oxygen atoms in total. The van der Waals surface area contributed by atoms with Gasteiger partial charge in [-0.2, -0.15) is 0 Å². The van der Waals surface area contributed by atoms with Crippen LogP contribution in [-0.2, 0) is 47.4 Å². The third-order valence-electron chi connectivity index (χ3n) is 3.59. The maximum Gasteiger partial charge on any atom is 0.717 e. The van der Waals surface area contributed by atoms with Crippen LogP contribution in [0.5, 0.6) is 0 Å². The molecule has 1 saturated heterocycles. The fourth-order valence-electron chi connectivity index (χ4n) is 1.74. The molecule has 4 unspecified atom stereocenters. The molecule has 1 aliphatic rings. The normalized spacial score (nSPS) is 21.5. The van der Waals surface area contributed by atoms with Crippen LogP contribution >= 0.6 is 0 Å². The van der Waals surface area contributed by atoms with E-state index >= 15 is 0 Å². The number of methoxy groups -OCH3 is 1. The van der Waals surface area contributed by atoms with Gasteiger partial charge >= 0.3 is 31.2 Å². The van der Waals surface area contributed by atoms with Crippen molar-refractivity contribution in [1.29, 1.82) is 0 Å². The fraction of sp³-hybridized carbons (Fsp3) is 0.733. The van der Waals surface area contributed by atoms with Crippen molar-refractivity contribution in [2.75, 3.05) is 7.11 Å². The number of carbonyl (C=O) groups is 4. The number of ether oxygens (including phenoxy) is 3. The topological polar surface area (TPSA) is 124 Å². The summed E-state index contributed by atoms with van der Waals surface area (Å²) in [6, 6.07) is 0. The van der Waals surface area contributed by atoms with Crippen LogP contribution < -0.4 is 0 Å². The second-order valence-corrected chi connectivity index (χ2v) is 5.61. The van der Waals surface area contributed by atoms with Gasteiger partial charge in [0.2, 0.25) is 0 Å². The average Bonchev–Trinajstić information content (AvgIpc) is 3.04. The van der Waals surface area contributed by atoms with E-state index in [1.165, 1.54) is 0 Å². The van der Waals surface area contributed by atoms with Crippen molar-refractivity contribution in [2.24, 2.45) is 0 Å². The molecule has 11 heteroatoms. The van der Waals surface area contributed by atoms with Crippen LogP contribution in [0.25, 0.3) is 0 Å². The molecular formula is C15H23BO10. The molecule has 146 valence electrons. The molecule has 0 aromatic rings. The number of hydrogen-bond acceptors (Lipinski definition) is 10. The van der Waals surface area contributed by atoms with Crippen LogP contribution in [-0.4, -0.2) is 62.7 Å². The summed E-state index contributed by atoms with van der Waals surface area (Å²) in [7, 11) is -0.774. The Hall–Kier alpha value is -2.14. The van der Waals surface area contributed by atoms with E-state index in [1.807, 2.05) is 0 Å². The first-order valence-corrected chi connectivity index (χ1v) is 8.24. The third-order valence-corrected chi connectivity index (χ3v) is 3.59. The Bertz CT molecular complexity index is 505. The molecule has 0 aromatic heterocycles.